The lowest BCUT2D eigenvalue weighted by Gasteiger charge is -2.38. The van der Waals surface area contributed by atoms with Crippen LogP contribution in [0.5, 0.6) is 0 Å². The van der Waals surface area contributed by atoms with Crippen molar-refractivity contribution < 1.29 is 4.74 Å². The summed E-state index contributed by atoms with van der Waals surface area (Å²) in [6.45, 7) is 10.9. The zero-order chi connectivity index (χ0) is 9.80. The summed E-state index contributed by atoms with van der Waals surface area (Å²) < 4.78 is 5.43. The highest BCUT2D eigenvalue weighted by Gasteiger charge is 2.21. The molecule has 0 amide bonds. The van der Waals surface area contributed by atoms with Crippen LogP contribution in [0.3, 0.4) is 0 Å². The average Bonchev–Trinajstić information content (AvgIpc) is 2.23. The molecule has 0 spiro atoms. The Hall–Kier alpha value is -0.160. The number of rotatable bonds is 2. The van der Waals surface area contributed by atoms with Crippen LogP contribution in [-0.4, -0.2) is 68.4 Å². The van der Waals surface area contributed by atoms with Crippen LogP contribution in [0.1, 0.15) is 6.92 Å². The molecule has 0 aromatic rings. The highest BCUT2D eigenvalue weighted by atomic mass is 16.5. The van der Waals surface area contributed by atoms with Gasteiger partial charge >= 0.3 is 0 Å². The first-order chi connectivity index (χ1) is 6.86. The zero-order valence-corrected chi connectivity index (χ0v) is 9.04. The van der Waals surface area contributed by atoms with Gasteiger partial charge in [0.05, 0.1) is 19.9 Å². The maximum atomic E-state index is 5.43. The van der Waals surface area contributed by atoms with Crippen LogP contribution in [0.2, 0.25) is 0 Å². The Morgan fingerprint density at radius 2 is 2.07 bits per heavy atom. The molecule has 0 unspecified atom stereocenters. The van der Waals surface area contributed by atoms with E-state index in [1.54, 1.807) is 0 Å². The molecule has 2 heterocycles. The second kappa shape index (κ2) is 5.07. The summed E-state index contributed by atoms with van der Waals surface area (Å²) in [5, 5.41) is 3.38. The Labute approximate surface area is 86.2 Å². The Bertz CT molecular complexity index is 171. The van der Waals surface area contributed by atoms with E-state index in [0.717, 1.165) is 39.5 Å². The molecule has 2 rings (SSSR count). The molecule has 2 aliphatic rings. The predicted octanol–water partition coefficient (Wildman–Crippen LogP) is -0.430. The number of morpholine rings is 1. The van der Waals surface area contributed by atoms with Crippen molar-refractivity contribution in [1.82, 2.24) is 15.1 Å². The fourth-order valence-corrected chi connectivity index (χ4v) is 2.08. The first-order valence-electron chi connectivity index (χ1n) is 5.61. The molecule has 2 fully saturated rings. The van der Waals surface area contributed by atoms with E-state index in [2.05, 4.69) is 22.0 Å². The Morgan fingerprint density at radius 1 is 1.29 bits per heavy atom. The number of nitrogens with one attached hydrogen (secondary N) is 1. The maximum Gasteiger partial charge on any atom is 0.0620 e. The number of hydrogen-bond acceptors (Lipinski definition) is 4. The zero-order valence-electron chi connectivity index (χ0n) is 9.04. The van der Waals surface area contributed by atoms with Crippen LogP contribution < -0.4 is 5.32 Å². The van der Waals surface area contributed by atoms with Crippen molar-refractivity contribution in [3.05, 3.63) is 0 Å². The van der Waals surface area contributed by atoms with Gasteiger partial charge in [0.2, 0.25) is 0 Å². The van der Waals surface area contributed by atoms with Crippen molar-refractivity contribution in [2.45, 2.75) is 13.0 Å². The van der Waals surface area contributed by atoms with Crippen molar-refractivity contribution in [3.63, 3.8) is 0 Å². The van der Waals surface area contributed by atoms with Crippen LogP contribution >= 0.6 is 0 Å². The molecule has 2 saturated heterocycles. The first kappa shape index (κ1) is 10.4. The normalized spacial score (nSPS) is 31.9. The van der Waals surface area contributed by atoms with Gasteiger partial charge in [-0.05, 0) is 6.92 Å². The second-order valence-corrected chi connectivity index (χ2v) is 4.25. The largest absolute Gasteiger partial charge is 0.379 e. The second-order valence-electron chi connectivity index (χ2n) is 4.25. The van der Waals surface area contributed by atoms with E-state index in [9.17, 15) is 0 Å². The topological polar surface area (TPSA) is 27.7 Å². The van der Waals surface area contributed by atoms with Gasteiger partial charge in [0.25, 0.3) is 0 Å². The molecule has 14 heavy (non-hydrogen) atoms. The summed E-state index contributed by atoms with van der Waals surface area (Å²) in [6, 6.07) is 0.582. The molecule has 82 valence electrons. The van der Waals surface area contributed by atoms with Gasteiger partial charge in [-0.2, -0.15) is 0 Å². The highest BCUT2D eigenvalue weighted by molar-refractivity contribution is 4.74. The molecule has 0 aromatic carbocycles. The van der Waals surface area contributed by atoms with Crippen molar-refractivity contribution in [1.29, 1.82) is 0 Å². The fraction of sp³-hybridized carbons (Fsp3) is 1.00. The van der Waals surface area contributed by atoms with E-state index in [0.29, 0.717) is 6.04 Å². The van der Waals surface area contributed by atoms with E-state index in [-0.39, 0.29) is 0 Å². The quantitative estimate of drug-likeness (QED) is 0.653. The van der Waals surface area contributed by atoms with Gasteiger partial charge in [0.1, 0.15) is 0 Å². The molecule has 0 bridgehead atoms. The monoisotopic (exact) mass is 199 g/mol. The molecular formula is C10H21N3O. The summed E-state index contributed by atoms with van der Waals surface area (Å²) >= 11 is 0. The molecule has 1 N–H and O–H groups in total. The molecule has 0 aliphatic carbocycles. The van der Waals surface area contributed by atoms with Gasteiger partial charge < -0.3 is 10.1 Å². The summed E-state index contributed by atoms with van der Waals surface area (Å²) in [4.78, 5) is 5.05. The van der Waals surface area contributed by atoms with Crippen LogP contribution in [-0.2, 0) is 4.74 Å². The first-order valence-corrected chi connectivity index (χ1v) is 5.61. The summed E-state index contributed by atoms with van der Waals surface area (Å²) in [5.41, 5.74) is 0. The molecular weight excluding hydrogens is 178 g/mol. The minimum Gasteiger partial charge on any atom is -0.379 e. The lowest BCUT2D eigenvalue weighted by Crippen LogP contribution is -2.53. The smallest absolute Gasteiger partial charge is 0.0620 e. The van der Waals surface area contributed by atoms with E-state index in [1.807, 2.05) is 0 Å². The molecule has 4 nitrogen and oxygen atoms in total. The molecule has 0 aromatic heterocycles. The minimum absolute atomic E-state index is 0.582. The Morgan fingerprint density at radius 3 is 2.79 bits per heavy atom. The van der Waals surface area contributed by atoms with E-state index in [1.165, 1.54) is 13.1 Å². The number of nitrogens with zero attached hydrogens (tertiary/aromatic N) is 2. The number of ether oxygens (including phenoxy) is 1. The van der Waals surface area contributed by atoms with Gasteiger partial charge in [0, 0.05) is 38.8 Å². The van der Waals surface area contributed by atoms with Crippen molar-refractivity contribution >= 4 is 0 Å². The van der Waals surface area contributed by atoms with Crippen LogP contribution in [0.4, 0.5) is 0 Å². The highest BCUT2D eigenvalue weighted by Crippen LogP contribution is 2.07. The van der Waals surface area contributed by atoms with E-state index >= 15 is 0 Å². The molecule has 4 heteroatoms. The van der Waals surface area contributed by atoms with E-state index < -0.39 is 0 Å². The molecule has 1 atom stereocenters. The summed E-state index contributed by atoms with van der Waals surface area (Å²) in [7, 11) is 0. The Kier molecular flexibility index (Phi) is 3.75. The third kappa shape index (κ3) is 2.67. The fourth-order valence-electron chi connectivity index (χ4n) is 2.08. The maximum absolute atomic E-state index is 5.43. The number of hydrogen-bond donors (Lipinski definition) is 1. The third-order valence-electron chi connectivity index (χ3n) is 3.10. The third-order valence-corrected chi connectivity index (χ3v) is 3.10. The van der Waals surface area contributed by atoms with E-state index in [4.69, 9.17) is 4.74 Å². The standard InChI is InChI=1S/C10H21N3O/c1-10-8-14-7-6-13(10)9-12-4-2-11-3-5-12/h10-11H,2-9H2,1H3/t10-/m1/s1. The molecule has 0 saturated carbocycles. The van der Waals surface area contributed by atoms with Crippen molar-refractivity contribution in [2.75, 3.05) is 52.6 Å². The summed E-state index contributed by atoms with van der Waals surface area (Å²) in [5.74, 6) is 0. The number of piperazine rings is 1. The summed E-state index contributed by atoms with van der Waals surface area (Å²) in [6.07, 6.45) is 0. The Balaban J connectivity index is 1.76. The van der Waals surface area contributed by atoms with Crippen LogP contribution in [0.25, 0.3) is 0 Å². The SMILES string of the molecule is C[C@@H]1COCCN1CN1CCNCC1. The average molecular weight is 199 g/mol. The van der Waals surface area contributed by atoms with Gasteiger partial charge in [-0.15, -0.1) is 0 Å². The van der Waals surface area contributed by atoms with Crippen LogP contribution in [0, 0.1) is 0 Å². The minimum atomic E-state index is 0.582. The van der Waals surface area contributed by atoms with Crippen molar-refractivity contribution in [2.24, 2.45) is 0 Å². The van der Waals surface area contributed by atoms with Gasteiger partial charge in [-0.25, -0.2) is 0 Å². The molecule has 2 aliphatic heterocycles. The van der Waals surface area contributed by atoms with Gasteiger partial charge in [0.15, 0.2) is 0 Å². The van der Waals surface area contributed by atoms with Gasteiger partial charge in [-0.1, -0.05) is 0 Å². The van der Waals surface area contributed by atoms with Gasteiger partial charge in [-0.3, -0.25) is 9.80 Å². The van der Waals surface area contributed by atoms with Crippen molar-refractivity contribution in [3.8, 4) is 0 Å². The molecule has 0 radical (unpaired) electrons. The predicted molar refractivity (Wildman–Crippen MR) is 56.3 cm³/mol. The van der Waals surface area contributed by atoms with Crippen LogP contribution in [0.15, 0.2) is 0 Å². The lowest BCUT2D eigenvalue weighted by molar-refractivity contribution is -0.0276. The lowest BCUT2D eigenvalue weighted by atomic mass is 10.2.